The lowest BCUT2D eigenvalue weighted by Crippen LogP contribution is -2.50. The van der Waals surface area contributed by atoms with Crippen LogP contribution in [0.25, 0.3) is 0 Å². The molecule has 1 aliphatic rings. The molecule has 0 bridgehead atoms. The maximum atomic E-state index is 5.86. The molecule has 148 valence electrons. The van der Waals surface area contributed by atoms with Gasteiger partial charge in [-0.1, -0.05) is 19.9 Å². The molecule has 2 heterocycles. The lowest BCUT2D eigenvalue weighted by molar-refractivity contribution is -0.0284. The van der Waals surface area contributed by atoms with Crippen LogP contribution in [-0.2, 0) is 11.3 Å². The molecule has 0 aromatic carbocycles. The first-order valence-corrected chi connectivity index (χ1v) is 8.89. The van der Waals surface area contributed by atoms with Crippen molar-refractivity contribution < 1.29 is 9.47 Å². The van der Waals surface area contributed by atoms with Crippen molar-refractivity contribution in [2.75, 3.05) is 46.9 Å². The number of halogens is 1. The summed E-state index contributed by atoms with van der Waals surface area (Å²) < 4.78 is 11.0. The number of nitrogens with one attached hydrogen (secondary N) is 2. The van der Waals surface area contributed by atoms with Crippen molar-refractivity contribution in [3.8, 4) is 5.88 Å². The Morgan fingerprint density at radius 1 is 1.42 bits per heavy atom. The van der Waals surface area contributed by atoms with Crippen LogP contribution in [0.1, 0.15) is 19.5 Å². The van der Waals surface area contributed by atoms with Crippen molar-refractivity contribution in [2.24, 2.45) is 10.9 Å². The fourth-order valence-electron chi connectivity index (χ4n) is 2.86. The summed E-state index contributed by atoms with van der Waals surface area (Å²) in [4.78, 5) is 11.1. The molecule has 8 heteroatoms. The van der Waals surface area contributed by atoms with Crippen molar-refractivity contribution in [3.05, 3.63) is 23.9 Å². The number of aromatic nitrogens is 1. The van der Waals surface area contributed by atoms with Crippen molar-refractivity contribution in [1.29, 1.82) is 0 Å². The largest absolute Gasteiger partial charge is 0.481 e. The van der Waals surface area contributed by atoms with E-state index in [0.29, 0.717) is 18.3 Å². The average Bonchev–Trinajstić information content (AvgIpc) is 2.62. The third-order valence-electron chi connectivity index (χ3n) is 3.99. The number of nitrogens with zero attached hydrogens (tertiary/aromatic N) is 3. The first-order valence-electron chi connectivity index (χ1n) is 8.89. The molecule has 0 aliphatic carbocycles. The van der Waals surface area contributed by atoms with Crippen LogP contribution < -0.4 is 15.4 Å². The summed E-state index contributed by atoms with van der Waals surface area (Å²) in [5.74, 6) is 2.04. The van der Waals surface area contributed by atoms with E-state index in [1.807, 2.05) is 18.2 Å². The Balaban J connectivity index is 0.00000338. The normalized spacial score (nSPS) is 18.3. The van der Waals surface area contributed by atoms with E-state index in [1.165, 1.54) is 0 Å². The van der Waals surface area contributed by atoms with Gasteiger partial charge in [0, 0.05) is 39.3 Å². The van der Waals surface area contributed by atoms with Gasteiger partial charge in [0.05, 0.1) is 32.1 Å². The second-order valence-corrected chi connectivity index (χ2v) is 6.62. The zero-order valence-electron chi connectivity index (χ0n) is 16.2. The number of morpholine rings is 1. The molecule has 1 saturated heterocycles. The molecule has 1 aliphatic heterocycles. The molecule has 1 atom stereocenters. The fraction of sp³-hybridized carbons (Fsp3) is 0.667. The van der Waals surface area contributed by atoms with E-state index in [-0.39, 0.29) is 30.1 Å². The van der Waals surface area contributed by atoms with Gasteiger partial charge in [0.2, 0.25) is 5.88 Å². The number of pyridine rings is 1. The Labute approximate surface area is 174 Å². The molecule has 1 fully saturated rings. The number of hydrogen-bond acceptors (Lipinski definition) is 5. The molecule has 2 rings (SSSR count). The number of ether oxygens (including phenoxy) is 2. The van der Waals surface area contributed by atoms with Crippen molar-refractivity contribution in [2.45, 2.75) is 26.5 Å². The van der Waals surface area contributed by atoms with Gasteiger partial charge in [0.1, 0.15) is 0 Å². The van der Waals surface area contributed by atoms with Crippen molar-refractivity contribution in [3.63, 3.8) is 0 Å². The van der Waals surface area contributed by atoms with Crippen LogP contribution >= 0.6 is 24.0 Å². The van der Waals surface area contributed by atoms with E-state index in [9.17, 15) is 0 Å². The van der Waals surface area contributed by atoms with Crippen molar-refractivity contribution >= 4 is 29.9 Å². The molecule has 1 aromatic heterocycles. The number of rotatable bonds is 7. The predicted molar refractivity (Wildman–Crippen MR) is 115 cm³/mol. The van der Waals surface area contributed by atoms with E-state index in [2.05, 4.69) is 39.4 Å². The zero-order valence-corrected chi connectivity index (χ0v) is 18.5. The second kappa shape index (κ2) is 12.3. The predicted octanol–water partition coefficient (Wildman–Crippen LogP) is 1.73. The third kappa shape index (κ3) is 8.05. The highest BCUT2D eigenvalue weighted by molar-refractivity contribution is 14.0. The van der Waals surface area contributed by atoms with E-state index in [1.54, 1.807) is 14.2 Å². The molecule has 1 aromatic rings. The van der Waals surface area contributed by atoms with Crippen LogP contribution in [-0.4, -0.2) is 68.9 Å². The highest BCUT2D eigenvalue weighted by Gasteiger charge is 2.21. The summed E-state index contributed by atoms with van der Waals surface area (Å²) in [6.45, 7) is 9.71. The van der Waals surface area contributed by atoms with Gasteiger partial charge >= 0.3 is 0 Å². The minimum atomic E-state index is 0. The molecular weight excluding hydrogens is 445 g/mol. The highest BCUT2D eigenvalue weighted by Crippen LogP contribution is 2.08. The summed E-state index contributed by atoms with van der Waals surface area (Å²) in [5, 5.41) is 6.61. The van der Waals surface area contributed by atoms with Crippen molar-refractivity contribution in [1.82, 2.24) is 20.5 Å². The van der Waals surface area contributed by atoms with Gasteiger partial charge < -0.3 is 20.1 Å². The van der Waals surface area contributed by atoms with Gasteiger partial charge in [-0.05, 0) is 12.0 Å². The third-order valence-corrected chi connectivity index (χ3v) is 3.99. The zero-order chi connectivity index (χ0) is 18.1. The molecule has 0 saturated carbocycles. The summed E-state index contributed by atoms with van der Waals surface area (Å²) in [5.41, 5.74) is 0.902. The van der Waals surface area contributed by atoms with Crippen LogP contribution in [0, 0.1) is 5.92 Å². The van der Waals surface area contributed by atoms with Gasteiger partial charge in [0.25, 0.3) is 0 Å². The number of methoxy groups -OCH3 is 1. The smallest absolute Gasteiger partial charge is 0.213 e. The van der Waals surface area contributed by atoms with E-state index in [0.717, 1.165) is 44.4 Å². The first kappa shape index (κ1) is 22.9. The summed E-state index contributed by atoms with van der Waals surface area (Å²) in [6, 6.07) is 5.72. The van der Waals surface area contributed by atoms with Gasteiger partial charge in [-0.3, -0.25) is 9.89 Å². The molecule has 1 unspecified atom stereocenters. The first-order chi connectivity index (χ1) is 12.1. The standard InChI is InChI=1S/C18H31N5O2.HI/c1-14(2)12-23-8-9-25-16(13-23)11-21-18(19-3)20-10-15-6-5-7-17(22-15)24-4;/h5-7,14,16H,8-13H2,1-4H3,(H2,19,20,21);1H. The molecule has 0 amide bonds. The number of hydrogen-bond donors (Lipinski definition) is 2. The van der Waals surface area contributed by atoms with Crippen LogP contribution in [0.5, 0.6) is 5.88 Å². The molecule has 0 spiro atoms. The Bertz CT molecular complexity index is 556. The van der Waals surface area contributed by atoms with Gasteiger partial charge in [0.15, 0.2) is 5.96 Å². The fourth-order valence-corrected chi connectivity index (χ4v) is 2.86. The summed E-state index contributed by atoms with van der Waals surface area (Å²) in [7, 11) is 3.38. The van der Waals surface area contributed by atoms with Crippen LogP contribution in [0.15, 0.2) is 23.2 Å². The van der Waals surface area contributed by atoms with E-state index >= 15 is 0 Å². The lowest BCUT2D eigenvalue weighted by Gasteiger charge is -2.34. The van der Waals surface area contributed by atoms with E-state index < -0.39 is 0 Å². The second-order valence-electron chi connectivity index (χ2n) is 6.62. The highest BCUT2D eigenvalue weighted by atomic mass is 127. The summed E-state index contributed by atoms with van der Waals surface area (Å²) >= 11 is 0. The molecule has 26 heavy (non-hydrogen) atoms. The van der Waals surface area contributed by atoms with Crippen LogP contribution in [0.3, 0.4) is 0 Å². The Morgan fingerprint density at radius 3 is 2.92 bits per heavy atom. The maximum absolute atomic E-state index is 5.86. The number of aliphatic imine (C=N–C) groups is 1. The number of guanidine groups is 1. The Hall–Kier alpha value is -1.13. The average molecular weight is 477 g/mol. The topological polar surface area (TPSA) is 71.0 Å². The minimum absolute atomic E-state index is 0. The molecular formula is C18H32IN5O2. The summed E-state index contributed by atoms with van der Waals surface area (Å²) in [6.07, 6.45) is 0.181. The van der Waals surface area contributed by atoms with Crippen LogP contribution in [0.4, 0.5) is 0 Å². The van der Waals surface area contributed by atoms with Crippen LogP contribution in [0.2, 0.25) is 0 Å². The van der Waals surface area contributed by atoms with Gasteiger partial charge in [-0.25, -0.2) is 4.98 Å². The monoisotopic (exact) mass is 477 g/mol. The quantitative estimate of drug-likeness (QED) is 0.354. The minimum Gasteiger partial charge on any atom is -0.481 e. The molecule has 2 N–H and O–H groups in total. The van der Waals surface area contributed by atoms with Gasteiger partial charge in [-0.15, -0.1) is 24.0 Å². The maximum Gasteiger partial charge on any atom is 0.213 e. The van der Waals surface area contributed by atoms with Gasteiger partial charge in [-0.2, -0.15) is 0 Å². The molecule has 7 nitrogen and oxygen atoms in total. The Kier molecular flexibility index (Phi) is 10.8. The molecule has 0 radical (unpaired) electrons. The van der Waals surface area contributed by atoms with E-state index in [4.69, 9.17) is 9.47 Å². The Morgan fingerprint density at radius 2 is 2.23 bits per heavy atom. The lowest BCUT2D eigenvalue weighted by atomic mass is 10.2. The SMILES string of the molecule is CN=C(NCc1cccc(OC)n1)NCC1CN(CC(C)C)CCO1.I.